The summed E-state index contributed by atoms with van der Waals surface area (Å²) in [6.07, 6.45) is 4.62. The van der Waals surface area contributed by atoms with Crippen LogP contribution in [0.4, 0.5) is 0 Å². The second-order valence-electron chi connectivity index (χ2n) is 6.99. The normalized spacial score (nSPS) is 23.6. The summed E-state index contributed by atoms with van der Waals surface area (Å²) in [6.45, 7) is 4.18. The Morgan fingerprint density at radius 3 is 2.79 bits per heavy atom. The molecule has 2 saturated heterocycles. The molecule has 1 amide bonds. The molecule has 1 aromatic heterocycles. The highest BCUT2D eigenvalue weighted by Gasteiger charge is 2.32. The molecule has 0 bridgehead atoms. The summed E-state index contributed by atoms with van der Waals surface area (Å²) < 4.78 is 10.4. The molecule has 7 heteroatoms. The van der Waals surface area contributed by atoms with Crippen molar-refractivity contribution in [3.05, 3.63) is 11.7 Å². The van der Waals surface area contributed by atoms with E-state index in [1.807, 2.05) is 4.90 Å². The molecule has 0 aromatic carbocycles. The third-order valence-corrected chi connectivity index (χ3v) is 5.14. The van der Waals surface area contributed by atoms with E-state index in [0.29, 0.717) is 30.7 Å². The van der Waals surface area contributed by atoms with Crippen LogP contribution in [0.3, 0.4) is 0 Å². The number of carbonyl (C=O) groups is 1. The molecule has 2 aliphatic rings. The highest BCUT2D eigenvalue weighted by molar-refractivity contribution is 5.79. The van der Waals surface area contributed by atoms with Gasteiger partial charge in [0.05, 0.1) is 12.5 Å². The fraction of sp³-hybridized carbons (Fsp3) is 0.824. The quantitative estimate of drug-likeness (QED) is 0.807. The fourth-order valence-corrected chi connectivity index (χ4v) is 3.70. The zero-order chi connectivity index (χ0) is 16.9. The Kier molecular flexibility index (Phi) is 5.84. The minimum absolute atomic E-state index is 0.171. The van der Waals surface area contributed by atoms with E-state index in [1.54, 1.807) is 7.11 Å². The van der Waals surface area contributed by atoms with E-state index in [9.17, 15) is 4.79 Å². The molecule has 0 radical (unpaired) electrons. The molecule has 24 heavy (non-hydrogen) atoms. The second-order valence-corrected chi connectivity index (χ2v) is 6.99. The van der Waals surface area contributed by atoms with Gasteiger partial charge in [0.25, 0.3) is 0 Å². The van der Waals surface area contributed by atoms with Gasteiger partial charge in [0, 0.05) is 39.1 Å². The molecule has 0 aliphatic carbocycles. The summed E-state index contributed by atoms with van der Waals surface area (Å²) in [5.74, 6) is 2.18. The van der Waals surface area contributed by atoms with Gasteiger partial charge in [0.15, 0.2) is 5.82 Å². The molecule has 1 atom stereocenters. The first-order chi connectivity index (χ1) is 11.7. The number of rotatable bonds is 5. The molecule has 134 valence electrons. The van der Waals surface area contributed by atoms with E-state index in [1.165, 1.54) is 0 Å². The maximum Gasteiger partial charge on any atom is 0.229 e. The first kappa shape index (κ1) is 17.4. The minimum atomic E-state index is 0.171. The van der Waals surface area contributed by atoms with Crippen LogP contribution in [0.15, 0.2) is 4.52 Å². The van der Waals surface area contributed by atoms with Crippen LogP contribution < -0.4 is 0 Å². The van der Waals surface area contributed by atoms with Crippen LogP contribution in [0.1, 0.15) is 43.3 Å². The van der Waals surface area contributed by atoms with E-state index >= 15 is 0 Å². The molecule has 3 heterocycles. The molecule has 3 rings (SSSR count). The minimum Gasteiger partial charge on any atom is -0.384 e. The van der Waals surface area contributed by atoms with Gasteiger partial charge in [-0.3, -0.25) is 4.79 Å². The lowest BCUT2D eigenvalue weighted by Crippen LogP contribution is -2.46. The van der Waals surface area contributed by atoms with Crippen molar-refractivity contribution >= 4 is 5.91 Å². The van der Waals surface area contributed by atoms with Gasteiger partial charge in [0.1, 0.15) is 0 Å². The van der Waals surface area contributed by atoms with Gasteiger partial charge in [-0.25, -0.2) is 0 Å². The highest BCUT2D eigenvalue weighted by Crippen LogP contribution is 2.28. The predicted octanol–water partition coefficient (Wildman–Crippen LogP) is 1.31. The summed E-state index contributed by atoms with van der Waals surface area (Å²) in [5.41, 5.74) is 0. The van der Waals surface area contributed by atoms with Crippen LogP contribution in [0.25, 0.3) is 0 Å². The van der Waals surface area contributed by atoms with Gasteiger partial charge in [0.2, 0.25) is 11.8 Å². The van der Waals surface area contributed by atoms with E-state index in [4.69, 9.17) is 9.26 Å². The van der Waals surface area contributed by atoms with Crippen LogP contribution in [0.5, 0.6) is 0 Å². The monoisotopic (exact) mass is 336 g/mol. The van der Waals surface area contributed by atoms with Crippen LogP contribution in [0, 0.1) is 5.92 Å². The summed E-state index contributed by atoms with van der Waals surface area (Å²) in [6, 6.07) is 0. The van der Waals surface area contributed by atoms with E-state index in [2.05, 4.69) is 22.1 Å². The Morgan fingerprint density at radius 1 is 1.29 bits per heavy atom. The van der Waals surface area contributed by atoms with Gasteiger partial charge < -0.3 is 19.1 Å². The van der Waals surface area contributed by atoms with Gasteiger partial charge in [-0.2, -0.15) is 4.98 Å². The average molecular weight is 336 g/mol. The van der Waals surface area contributed by atoms with E-state index in [0.717, 1.165) is 51.9 Å². The topological polar surface area (TPSA) is 71.7 Å². The molecule has 2 aliphatic heterocycles. The van der Waals surface area contributed by atoms with Crippen molar-refractivity contribution in [3.8, 4) is 0 Å². The number of carbonyl (C=O) groups excluding carboxylic acids is 1. The first-order valence-corrected chi connectivity index (χ1v) is 8.96. The summed E-state index contributed by atoms with van der Waals surface area (Å²) in [7, 11) is 3.76. The van der Waals surface area contributed by atoms with Crippen molar-refractivity contribution in [2.24, 2.45) is 5.92 Å². The van der Waals surface area contributed by atoms with Crippen LogP contribution in [-0.2, 0) is 16.0 Å². The van der Waals surface area contributed by atoms with Gasteiger partial charge in [-0.1, -0.05) is 5.16 Å². The molecular formula is C17H28N4O3. The zero-order valence-corrected chi connectivity index (χ0v) is 14.7. The molecule has 0 spiro atoms. The zero-order valence-electron chi connectivity index (χ0n) is 14.7. The lowest BCUT2D eigenvalue weighted by atomic mass is 9.93. The van der Waals surface area contributed by atoms with E-state index in [-0.39, 0.29) is 11.8 Å². The molecule has 1 unspecified atom stereocenters. The summed E-state index contributed by atoms with van der Waals surface area (Å²) >= 11 is 0. The SMILES string of the molecule is COCCc1noc(C2CCN(C(=O)C3CCCN(C)C3)CC2)n1. The number of aromatic nitrogens is 2. The number of piperidine rings is 2. The third kappa shape index (κ3) is 4.13. The number of nitrogens with zero attached hydrogens (tertiary/aromatic N) is 4. The third-order valence-electron chi connectivity index (χ3n) is 5.14. The Balaban J connectivity index is 1.50. The van der Waals surface area contributed by atoms with Crippen molar-refractivity contribution in [1.29, 1.82) is 0 Å². The van der Waals surface area contributed by atoms with Crippen molar-refractivity contribution in [3.63, 3.8) is 0 Å². The van der Waals surface area contributed by atoms with Crippen molar-refractivity contribution in [2.75, 3.05) is 46.9 Å². The van der Waals surface area contributed by atoms with Gasteiger partial charge in [-0.15, -0.1) is 0 Å². The lowest BCUT2D eigenvalue weighted by molar-refractivity contribution is -0.138. The molecule has 0 N–H and O–H groups in total. The molecular weight excluding hydrogens is 308 g/mol. The second kappa shape index (κ2) is 8.07. The van der Waals surface area contributed by atoms with Crippen molar-refractivity contribution in [1.82, 2.24) is 19.9 Å². The van der Waals surface area contributed by atoms with Gasteiger partial charge in [-0.05, 0) is 39.3 Å². The number of likely N-dealkylation sites (tertiary alicyclic amines) is 2. The Hall–Kier alpha value is -1.47. The highest BCUT2D eigenvalue weighted by atomic mass is 16.5. The smallest absolute Gasteiger partial charge is 0.229 e. The Morgan fingerprint density at radius 2 is 2.08 bits per heavy atom. The van der Waals surface area contributed by atoms with Crippen LogP contribution in [-0.4, -0.2) is 72.8 Å². The number of hydrogen-bond acceptors (Lipinski definition) is 6. The summed E-state index contributed by atoms with van der Waals surface area (Å²) in [4.78, 5) is 21.5. The average Bonchev–Trinajstić information content (AvgIpc) is 3.08. The summed E-state index contributed by atoms with van der Waals surface area (Å²) in [5, 5.41) is 4.01. The number of ether oxygens (including phenoxy) is 1. The maximum absolute atomic E-state index is 12.7. The molecule has 7 nitrogen and oxygen atoms in total. The van der Waals surface area contributed by atoms with Crippen molar-refractivity contribution in [2.45, 2.75) is 38.0 Å². The standard InChI is InChI=1S/C17H28N4O3/c1-20-8-3-4-14(12-20)17(22)21-9-5-13(6-10-21)16-18-15(19-24-16)7-11-23-2/h13-14H,3-12H2,1-2H3. The van der Waals surface area contributed by atoms with Crippen molar-refractivity contribution < 1.29 is 14.1 Å². The Bertz CT molecular complexity index is 540. The van der Waals surface area contributed by atoms with Gasteiger partial charge >= 0.3 is 0 Å². The van der Waals surface area contributed by atoms with E-state index < -0.39 is 0 Å². The van der Waals surface area contributed by atoms with Crippen LogP contribution >= 0.6 is 0 Å². The predicted molar refractivity (Wildman–Crippen MR) is 88.7 cm³/mol. The van der Waals surface area contributed by atoms with Crippen LogP contribution in [0.2, 0.25) is 0 Å². The lowest BCUT2D eigenvalue weighted by Gasteiger charge is -2.36. The molecule has 1 aromatic rings. The number of amides is 1. The fourth-order valence-electron chi connectivity index (χ4n) is 3.70. The number of methoxy groups -OCH3 is 1. The maximum atomic E-state index is 12.7. The largest absolute Gasteiger partial charge is 0.384 e. The molecule has 2 fully saturated rings. The first-order valence-electron chi connectivity index (χ1n) is 8.96. The Labute approximate surface area is 143 Å². The number of hydrogen-bond donors (Lipinski definition) is 0. The molecule has 0 saturated carbocycles.